The summed E-state index contributed by atoms with van der Waals surface area (Å²) in [6.07, 6.45) is -0.0889. The molecule has 0 radical (unpaired) electrons. The Morgan fingerprint density at radius 3 is 2.76 bits per heavy atom. The molecule has 6 nitrogen and oxygen atoms in total. The number of anilines is 1. The minimum atomic E-state index is -0.628. The Morgan fingerprint density at radius 2 is 1.92 bits per heavy atom. The number of hydrogen-bond acceptors (Lipinski definition) is 4. The van der Waals surface area contributed by atoms with Crippen LogP contribution >= 0.6 is 0 Å². The highest BCUT2D eigenvalue weighted by Gasteiger charge is 2.31. The first-order valence-electron chi connectivity index (χ1n) is 8.23. The lowest BCUT2D eigenvalue weighted by Gasteiger charge is -2.19. The predicted octanol–water partition coefficient (Wildman–Crippen LogP) is 2.49. The lowest BCUT2D eigenvalue weighted by molar-refractivity contribution is 0.144. The minimum Gasteiger partial charge on any atom is -0.489 e. The maximum Gasteiger partial charge on any atom is 0.319 e. The predicted molar refractivity (Wildman–Crippen MR) is 94.9 cm³/mol. The molecule has 0 aliphatic heterocycles. The normalized spacial score (nSPS) is 18.5. The second-order valence-electron chi connectivity index (χ2n) is 5.88. The van der Waals surface area contributed by atoms with Gasteiger partial charge in [0, 0.05) is 13.5 Å². The third-order valence-corrected chi connectivity index (χ3v) is 4.17. The zero-order chi connectivity index (χ0) is 17.6. The Kier molecular flexibility index (Phi) is 5.53. The van der Waals surface area contributed by atoms with Crippen molar-refractivity contribution in [3.8, 4) is 5.75 Å². The number of amides is 2. The fourth-order valence-corrected chi connectivity index (χ4v) is 2.98. The molecule has 3 N–H and O–H groups in total. The number of nitrogens with one attached hydrogen (secondary N) is 2. The molecule has 0 spiro atoms. The van der Waals surface area contributed by atoms with Gasteiger partial charge in [-0.15, -0.1) is 0 Å². The quantitative estimate of drug-likeness (QED) is 0.705. The fourth-order valence-electron chi connectivity index (χ4n) is 2.98. The van der Waals surface area contributed by atoms with Crippen LogP contribution < -0.4 is 15.4 Å². The molecule has 0 unspecified atom stereocenters. The molecule has 0 saturated carbocycles. The first kappa shape index (κ1) is 17.3. The Balaban J connectivity index is 1.65. The van der Waals surface area contributed by atoms with E-state index in [0.717, 1.165) is 11.1 Å². The monoisotopic (exact) mass is 342 g/mol. The summed E-state index contributed by atoms with van der Waals surface area (Å²) in [6, 6.07) is 14.1. The average Bonchev–Trinajstić information content (AvgIpc) is 2.92. The number of aliphatic hydroxyl groups excluding tert-OH is 1. The Labute approximate surface area is 146 Å². The first-order valence-corrected chi connectivity index (χ1v) is 8.23. The van der Waals surface area contributed by atoms with E-state index in [4.69, 9.17) is 9.47 Å². The lowest BCUT2D eigenvalue weighted by atomic mass is 10.1. The number of rotatable bonds is 6. The van der Waals surface area contributed by atoms with Crippen LogP contribution in [-0.4, -0.2) is 37.6 Å². The summed E-state index contributed by atoms with van der Waals surface area (Å²) in [7, 11) is 1.60. The smallest absolute Gasteiger partial charge is 0.319 e. The lowest BCUT2D eigenvalue weighted by Crippen LogP contribution is -2.36. The van der Waals surface area contributed by atoms with Gasteiger partial charge in [-0.25, -0.2) is 4.79 Å². The molecule has 1 aliphatic carbocycles. The van der Waals surface area contributed by atoms with E-state index >= 15 is 0 Å². The van der Waals surface area contributed by atoms with Gasteiger partial charge in [0.2, 0.25) is 0 Å². The molecule has 0 saturated heterocycles. The molecule has 3 rings (SSSR count). The van der Waals surface area contributed by atoms with Crippen molar-refractivity contribution in [2.24, 2.45) is 0 Å². The van der Waals surface area contributed by atoms with Crippen molar-refractivity contribution in [2.75, 3.05) is 25.6 Å². The van der Waals surface area contributed by atoms with E-state index in [-0.39, 0.29) is 6.03 Å². The van der Waals surface area contributed by atoms with Gasteiger partial charge in [0.1, 0.15) is 12.4 Å². The van der Waals surface area contributed by atoms with Crippen LogP contribution in [0.3, 0.4) is 0 Å². The molecule has 2 amide bonds. The van der Waals surface area contributed by atoms with Gasteiger partial charge in [0.25, 0.3) is 0 Å². The van der Waals surface area contributed by atoms with E-state index in [0.29, 0.717) is 31.1 Å². The number of aliphatic hydroxyl groups is 1. The van der Waals surface area contributed by atoms with Gasteiger partial charge in [-0.2, -0.15) is 0 Å². The van der Waals surface area contributed by atoms with Gasteiger partial charge < -0.3 is 25.2 Å². The summed E-state index contributed by atoms with van der Waals surface area (Å²) in [5.74, 6) is 0.571. The second-order valence-corrected chi connectivity index (χ2v) is 5.88. The van der Waals surface area contributed by atoms with Crippen LogP contribution in [0.25, 0.3) is 0 Å². The zero-order valence-electron chi connectivity index (χ0n) is 14.1. The minimum absolute atomic E-state index is 0.386. The van der Waals surface area contributed by atoms with Crippen LogP contribution in [0.1, 0.15) is 17.2 Å². The van der Waals surface area contributed by atoms with E-state index in [9.17, 15) is 9.90 Å². The number of carbonyl (C=O) groups is 1. The number of carbonyl (C=O) groups excluding carboxylic acids is 1. The fraction of sp³-hybridized carbons (Fsp3) is 0.316. The molecular weight excluding hydrogens is 320 g/mol. The Hall–Kier alpha value is -2.57. The maximum absolute atomic E-state index is 12.4. The van der Waals surface area contributed by atoms with Crippen molar-refractivity contribution in [2.45, 2.75) is 18.6 Å². The summed E-state index contributed by atoms with van der Waals surface area (Å²) in [6.45, 7) is 0.858. The van der Waals surface area contributed by atoms with Crippen LogP contribution in [0.2, 0.25) is 0 Å². The van der Waals surface area contributed by atoms with Crippen LogP contribution in [0.15, 0.2) is 48.5 Å². The van der Waals surface area contributed by atoms with Crippen molar-refractivity contribution in [1.29, 1.82) is 0 Å². The molecule has 2 aromatic rings. The average molecular weight is 342 g/mol. The molecule has 25 heavy (non-hydrogen) atoms. The molecule has 2 aromatic carbocycles. The third-order valence-electron chi connectivity index (χ3n) is 4.17. The highest BCUT2D eigenvalue weighted by Crippen LogP contribution is 2.31. The molecule has 132 valence electrons. The summed E-state index contributed by atoms with van der Waals surface area (Å²) >= 11 is 0. The maximum atomic E-state index is 12.4. The molecule has 6 heteroatoms. The zero-order valence-corrected chi connectivity index (χ0v) is 14.1. The molecule has 0 bridgehead atoms. The Bertz CT molecular complexity index is 735. The van der Waals surface area contributed by atoms with Crippen molar-refractivity contribution >= 4 is 11.7 Å². The number of ether oxygens (including phenoxy) is 2. The van der Waals surface area contributed by atoms with E-state index in [1.54, 1.807) is 19.2 Å². The van der Waals surface area contributed by atoms with Crippen molar-refractivity contribution in [3.05, 3.63) is 59.7 Å². The topological polar surface area (TPSA) is 79.8 Å². The summed E-state index contributed by atoms with van der Waals surface area (Å²) < 4.78 is 10.6. The number of methoxy groups -OCH3 is 1. The molecular formula is C19H22N2O4. The van der Waals surface area contributed by atoms with Gasteiger partial charge in [0.05, 0.1) is 24.4 Å². The number of benzene rings is 2. The van der Waals surface area contributed by atoms with Crippen molar-refractivity contribution in [3.63, 3.8) is 0 Å². The Morgan fingerprint density at radius 1 is 1.16 bits per heavy atom. The first-order chi connectivity index (χ1) is 12.2. The molecule has 0 aromatic heterocycles. The van der Waals surface area contributed by atoms with Crippen LogP contribution in [0.4, 0.5) is 10.5 Å². The highest BCUT2D eigenvalue weighted by atomic mass is 16.5. The van der Waals surface area contributed by atoms with Crippen LogP contribution in [0, 0.1) is 0 Å². The second kappa shape index (κ2) is 8.00. The number of hydrogen-bond donors (Lipinski definition) is 3. The number of para-hydroxylation sites is 2. The number of urea groups is 1. The van der Waals surface area contributed by atoms with Gasteiger partial charge in [0.15, 0.2) is 0 Å². The largest absolute Gasteiger partial charge is 0.489 e. The van der Waals surface area contributed by atoms with E-state index in [1.165, 1.54) is 0 Å². The van der Waals surface area contributed by atoms with Gasteiger partial charge in [-0.1, -0.05) is 36.4 Å². The summed E-state index contributed by atoms with van der Waals surface area (Å²) in [5.41, 5.74) is 2.58. The van der Waals surface area contributed by atoms with Gasteiger partial charge in [-0.05, 0) is 23.3 Å². The van der Waals surface area contributed by atoms with Crippen molar-refractivity contribution < 1.29 is 19.4 Å². The standard InChI is InChI=1S/C19H22N2O4/c1-24-10-11-25-17-9-5-4-8-15(17)20-19(23)21-18-14-7-3-2-6-13(14)12-16(18)22/h2-9,16,18,22H,10-12H2,1H3,(H2,20,21,23)/t16-,18+/m0/s1. The number of fused-ring (bicyclic) bond motifs is 1. The molecule has 0 heterocycles. The van der Waals surface area contributed by atoms with E-state index in [1.807, 2.05) is 36.4 Å². The SMILES string of the molecule is COCCOc1ccccc1NC(=O)N[C@@H]1c2ccccc2C[C@@H]1O. The van der Waals surface area contributed by atoms with Gasteiger partial charge >= 0.3 is 6.03 Å². The highest BCUT2D eigenvalue weighted by molar-refractivity contribution is 5.91. The van der Waals surface area contributed by atoms with Crippen molar-refractivity contribution in [1.82, 2.24) is 5.32 Å². The van der Waals surface area contributed by atoms with Crippen LogP contribution in [-0.2, 0) is 11.2 Å². The summed E-state index contributed by atoms with van der Waals surface area (Å²) in [4.78, 5) is 12.4. The third kappa shape index (κ3) is 4.10. The van der Waals surface area contributed by atoms with E-state index < -0.39 is 12.1 Å². The molecule has 2 atom stereocenters. The van der Waals surface area contributed by atoms with Crippen LogP contribution in [0.5, 0.6) is 5.75 Å². The van der Waals surface area contributed by atoms with E-state index in [2.05, 4.69) is 10.6 Å². The summed E-state index contributed by atoms with van der Waals surface area (Å²) in [5, 5.41) is 15.9. The molecule has 0 fully saturated rings. The molecule has 1 aliphatic rings. The van der Waals surface area contributed by atoms with Gasteiger partial charge in [-0.3, -0.25) is 0 Å².